The van der Waals surface area contributed by atoms with Gasteiger partial charge in [0.15, 0.2) is 0 Å². The zero-order valence-corrected chi connectivity index (χ0v) is 15.7. The highest BCUT2D eigenvalue weighted by Gasteiger charge is 2.32. The summed E-state index contributed by atoms with van der Waals surface area (Å²) in [7, 11) is 0. The van der Waals surface area contributed by atoms with Gasteiger partial charge in [-0.05, 0) is 39.0 Å². The minimum Gasteiger partial charge on any atom is -0.550 e. The molecular formula is C19H22N5O4-. The molecule has 4 rings (SSSR count). The average molecular weight is 384 g/mol. The molecule has 2 N–H and O–H groups in total. The summed E-state index contributed by atoms with van der Waals surface area (Å²) >= 11 is 0. The van der Waals surface area contributed by atoms with E-state index in [2.05, 4.69) is 20.4 Å². The lowest BCUT2D eigenvalue weighted by atomic mass is 9.79. The highest BCUT2D eigenvalue weighted by molar-refractivity contribution is 5.94. The van der Waals surface area contributed by atoms with Gasteiger partial charge in [-0.15, -0.1) is 0 Å². The second-order valence-electron chi connectivity index (χ2n) is 7.56. The number of aromatic amines is 1. The monoisotopic (exact) mass is 384 g/mol. The van der Waals surface area contributed by atoms with E-state index in [1.54, 1.807) is 13.0 Å². The molecule has 1 amide bonds. The number of carboxylic acid groups (broad SMARTS) is 1. The van der Waals surface area contributed by atoms with Crippen molar-refractivity contribution < 1.29 is 14.7 Å². The van der Waals surface area contributed by atoms with Crippen molar-refractivity contribution in [1.29, 1.82) is 0 Å². The van der Waals surface area contributed by atoms with E-state index < -0.39 is 17.8 Å². The average Bonchev–Trinajstić information content (AvgIpc) is 3.28. The maximum atomic E-state index is 12.8. The molecule has 2 heterocycles. The first-order chi connectivity index (χ1) is 13.4. The third kappa shape index (κ3) is 3.32. The summed E-state index contributed by atoms with van der Waals surface area (Å²) in [6.07, 6.45) is 4.88. The van der Waals surface area contributed by atoms with Crippen LogP contribution in [0.1, 0.15) is 49.1 Å². The van der Waals surface area contributed by atoms with Crippen LogP contribution in [0.15, 0.2) is 10.9 Å². The third-order valence-corrected chi connectivity index (χ3v) is 5.62. The molecule has 0 unspecified atom stereocenters. The van der Waals surface area contributed by atoms with Gasteiger partial charge in [0.25, 0.3) is 5.56 Å². The van der Waals surface area contributed by atoms with Crippen molar-refractivity contribution in [2.24, 2.45) is 11.8 Å². The standard InChI is InChI=1S/C19H23N5O4/c1-10-9-15(21-16(25)11-5-2-3-6-12(11)18(27)28)24(23-10)19-20-14-8-4-7-13(14)17(26)22-19/h9,11-12H,2-8H2,1H3,(H,21,25)(H,27,28)(H,20,22,26)/p-1/t11-,12+/m0/s1. The first-order valence-corrected chi connectivity index (χ1v) is 9.65. The van der Waals surface area contributed by atoms with Crippen LogP contribution in [-0.4, -0.2) is 31.6 Å². The van der Waals surface area contributed by atoms with E-state index in [0.29, 0.717) is 36.3 Å². The number of hydrogen-bond donors (Lipinski definition) is 2. The number of nitrogens with zero attached hydrogens (tertiary/aromatic N) is 3. The van der Waals surface area contributed by atoms with Crippen molar-refractivity contribution in [3.63, 3.8) is 0 Å². The van der Waals surface area contributed by atoms with Crippen LogP contribution >= 0.6 is 0 Å². The lowest BCUT2D eigenvalue weighted by Gasteiger charge is -2.31. The number of amides is 1. The summed E-state index contributed by atoms with van der Waals surface area (Å²) in [5, 5.41) is 18.5. The summed E-state index contributed by atoms with van der Waals surface area (Å²) in [5.74, 6) is -2.40. The van der Waals surface area contributed by atoms with Crippen molar-refractivity contribution in [3.8, 4) is 5.95 Å². The minimum absolute atomic E-state index is 0.188. The Labute approximate surface area is 161 Å². The van der Waals surface area contributed by atoms with Crippen LogP contribution in [0, 0.1) is 18.8 Å². The van der Waals surface area contributed by atoms with Gasteiger partial charge in [0, 0.05) is 29.4 Å². The highest BCUT2D eigenvalue weighted by Crippen LogP contribution is 2.31. The molecule has 1 saturated carbocycles. The number of H-pyrrole nitrogens is 1. The fraction of sp³-hybridized carbons (Fsp3) is 0.526. The quantitative estimate of drug-likeness (QED) is 0.776. The summed E-state index contributed by atoms with van der Waals surface area (Å²) < 4.78 is 1.39. The predicted molar refractivity (Wildman–Crippen MR) is 97.8 cm³/mol. The Morgan fingerprint density at radius 3 is 2.71 bits per heavy atom. The normalized spacial score (nSPS) is 21.3. The van der Waals surface area contributed by atoms with Crippen molar-refractivity contribution in [3.05, 3.63) is 33.4 Å². The topological polar surface area (TPSA) is 133 Å². The second-order valence-corrected chi connectivity index (χ2v) is 7.56. The van der Waals surface area contributed by atoms with E-state index in [9.17, 15) is 19.5 Å². The number of nitrogens with one attached hydrogen (secondary N) is 2. The Morgan fingerprint density at radius 1 is 1.21 bits per heavy atom. The fourth-order valence-electron chi connectivity index (χ4n) is 4.22. The van der Waals surface area contributed by atoms with E-state index in [0.717, 1.165) is 31.4 Å². The second kappa shape index (κ2) is 7.21. The summed E-state index contributed by atoms with van der Waals surface area (Å²) in [5.41, 5.74) is 1.91. The maximum absolute atomic E-state index is 12.8. The van der Waals surface area contributed by atoms with E-state index >= 15 is 0 Å². The number of hydrogen-bond acceptors (Lipinski definition) is 6. The number of aliphatic carboxylic acids is 1. The zero-order chi connectivity index (χ0) is 19.8. The van der Waals surface area contributed by atoms with Crippen LogP contribution in [0.3, 0.4) is 0 Å². The third-order valence-electron chi connectivity index (χ3n) is 5.62. The smallest absolute Gasteiger partial charge is 0.255 e. The lowest BCUT2D eigenvalue weighted by molar-refractivity contribution is -0.313. The Morgan fingerprint density at radius 2 is 1.96 bits per heavy atom. The van der Waals surface area contributed by atoms with E-state index in [1.165, 1.54) is 4.68 Å². The number of anilines is 1. The molecule has 9 nitrogen and oxygen atoms in total. The van der Waals surface area contributed by atoms with Gasteiger partial charge in [0.05, 0.1) is 11.4 Å². The molecule has 148 valence electrons. The largest absolute Gasteiger partial charge is 0.550 e. The fourth-order valence-corrected chi connectivity index (χ4v) is 4.22. The van der Waals surface area contributed by atoms with Gasteiger partial charge in [-0.3, -0.25) is 14.6 Å². The van der Waals surface area contributed by atoms with Gasteiger partial charge in [-0.2, -0.15) is 9.78 Å². The van der Waals surface area contributed by atoms with Crippen LogP contribution in [0.25, 0.3) is 5.95 Å². The summed E-state index contributed by atoms with van der Waals surface area (Å²) in [6, 6.07) is 1.67. The molecule has 1 fully saturated rings. The summed E-state index contributed by atoms with van der Waals surface area (Å²) in [4.78, 5) is 43.8. The number of carbonyl (C=O) groups excluding carboxylic acids is 2. The number of rotatable bonds is 4. The zero-order valence-electron chi connectivity index (χ0n) is 15.7. The first kappa shape index (κ1) is 18.4. The van der Waals surface area contributed by atoms with Gasteiger partial charge in [0.2, 0.25) is 11.9 Å². The van der Waals surface area contributed by atoms with Crippen molar-refractivity contribution in [1.82, 2.24) is 19.7 Å². The van der Waals surface area contributed by atoms with Crippen LogP contribution in [0.4, 0.5) is 5.82 Å². The molecule has 2 aromatic heterocycles. The highest BCUT2D eigenvalue weighted by atomic mass is 16.4. The number of aromatic nitrogens is 4. The molecule has 0 radical (unpaired) electrons. The first-order valence-electron chi connectivity index (χ1n) is 9.65. The number of carbonyl (C=O) groups is 2. The van der Waals surface area contributed by atoms with Gasteiger partial charge in [-0.25, -0.2) is 4.98 Å². The number of carboxylic acids is 1. The molecule has 2 aliphatic rings. The molecular weight excluding hydrogens is 362 g/mol. The SMILES string of the molecule is Cc1cc(NC(=O)[C@H]2CCCC[C@H]2C(=O)[O-])n(-c2nc3c(c(=O)[nH]2)CCC3)n1. The molecule has 0 aliphatic heterocycles. The van der Waals surface area contributed by atoms with E-state index in [4.69, 9.17) is 0 Å². The molecule has 2 aromatic rings. The van der Waals surface area contributed by atoms with Gasteiger partial charge < -0.3 is 15.2 Å². The Kier molecular flexibility index (Phi) is 4.74. The van der Waals surface area contributed by atoms with Crippen molar-refractivity contribution in [2.75, 3.05) is 5.32 Å². The van der Waals surface area contributed by atoms with Gasteiger partial charge in [-0.1, -0.05) is 12.8 Å². The van der Waals surface area contributed by atoms with Crippen LogP contribution in [-0.2, 0) is 22.4 Å². The van der Waals surface area contributed by atoms with Crippen LogP contribution in [0.2, 0.25) is 0 Å². The van der Waals surface area contributed by atoms with Crippen LogP contribution < -0.4 is 16.0 Å². The molecule has 2 atom stereocenters. The number of fused-ring (bicyclic) bond motifs is 1. The predicted octanol–water partition coefficient (Wildman–Crippen LogP) is 0.248. The maximum Gasteiger partial charge on any atom is 0.255 e. The molecule has 9 heteroatoms. The molecule has 0 aromatic carbocycles. The molecule has 0 bridgehead atoms. The minimum atomic E-state index is -1.19. The van der Waals surface area contributed by atoms with E-state index in [-0.39, 0.29) is 17.4 Å². The molecule has 0 spiro atoms. The van der Waals surface area contributed by atoms with Crippen LogP contribution in [0.5, 0.6) is 0 Å². The Hall–Kier alpha value is -2.97. The van der Waals surface area contributed by atoms with Crippen molar-refractivity contribution in [2.45, 2.75) is 51.9 Å². The molecule has 28 heavy (non-hydrogen) atoms. The Balaban J connectivity index is 1.64. The Bertz CT molecular complexity index is 993. The number of aryl methyl sites for hydroxylation is 2. The lowest BCUT2D eigenvalue weighted by Crippen LogP contribution is -2.42. The van der Waals surface area contributed by atoms with E-state index in [1.807, 2.05) is 0 Å². The van der Waals surface area contributed by atoms with Crippen molar-refractivity contribution >= 4 is 17.7 Å². The van der Waals surface area contributed by atoms with Gasteiger partial charge in [0.1, 0.15) is 5.82 Å². The van der Waals surface area contributed by atoms with Gasteiger partial charge >= 0.3 is 0 Å². The molecule has 2 aliphatic carbocycles. The summed E-state index contributed by atoms with van der Waals surface area (Å²) in [6.45, 7) is 1.77. The molecule has 0 saturated heterocycles.